The van der Waals surface area contributed by atoms with Crippen LogP contribution in [0.1, 0.15) is 45.4 Å². The van der Waals surface area contributed by atoms with Gasteiger partial charge in [-0.2, -0.15) is 0 Å². The van der Waals surface area contributed by atoms with Gasteiger partial charge in [0, 0.05) is 19.2 Å². The fourth-order valence-electron chi connectivity index (χ4n) is 2.91. The first-order chi connectivity index (χ1) is 10.0. The van der Waals surface area contributed by atoms with Crippen LogP contribution < -0.4 is 11.1 Å². The van der Waals surface area contributed by atoms with E-state index in [0.717, 1.165) is 19.3 Å². The number of nitrogens with two attached hydrogens (primary N) is 1. The highest BCUT2D eigenvalue weighted by atomic mass is 16.5. The van der Waals surface area contributed by atoms with Gasteiger partial charge in [-0.05, 0) is 25.7 Å². The number of rotatable bonds is 6. The zero-order valence-electron chi connectivity index (χ0n) is 12.9. The van der Waals surface area contributed by atoms with Crippen LogP contribution >= 0.6 is 0 Å². The molecule has 0 saturated heterocycles. The molecule has 1 saturated carbocycles. The summed E-state index contributed by atoms with van der Waals surface area (Å²) >= 11 is 0. The van der Waals surface area contributed by atoms with Crippen molar-refractivity contribution in [3.05, 3.63) is 11.9 Å². The predicted molar refractivity (Wildman–Crippen MR) is 82.8 cm³/mol. The third-order valence-corrected chi connectivity index (χ3v) is 3.89. The Kier molecular flexibility index (Phi) is 5.36. The van der Waals surface area contributed by atoms with Crippen LogP contribution in [0.4, 0.5) is 11.6 Å². The Morgan fingerprint density at radius 2 is 2.33 bits per heavy atom. The lowest BCUT2D eigenvalue weighted by Gasteiger charge is -2.35. The molecule has 2 atom stereocenters. The van der Waals surface area contributed by atoms with Gasteiger partial charge in [-0.1, -0.05) is 19.8 Å². The van der Waals surface area contributed by atoms with E-state index in [1.807, 2.05) is 6.92 Å². The molecule has 1 fully saturated rings. The molecule has 1 heterocycles. The monoisotopic (exact) mass is 294 g/mol. The van der Waals surface area contributed by atoms with E-state index in [2.05, 4.69) is 22.2 Å². The maximum absolute atomic E-state index is 10.6. The number of nitrogens with zero attached hydrogens (tertiary/aromatic N) is 2. The number of ether oxygens (including phenoxy) is 1. The number of nitrogens with one attached hydrogen (secondary N) is 1. The molecular weight excluding hydrogens is 268 g/mol. The molecule has 2 unspecified atom stereocenters. The number of aliphatic hydroxyl groups is 1. The predicted octanol–water partition coefficient (Wildman–Crippen LogP) is 1.95. The van der Waals surface area contributed by atoms with Crippen LogP contribution in [-0.4, -0.2) is 33.8 Å². The standard InChI is InChI=1S/C15H26N4O2/c1-3-21-9-14-18-12(16)7-13(19-14)17-10-15(20)6-4-5-11(2)8-15/h7,11,20H,3-6,8-10H2,1-2H3,(H3,16,17,18,19). The smallest absolute Gasteiger partial charge is 0.158 e. The SMILES string of the molecule is CCOCc1nc(N)cc(NCC2(O)CCCC(C)C2)n1. The van der Waals surface area contributed by atoms with Gasteiger partial charge in [-0.3, -0.25) is 0 Å². The van der Waals surface area contributed by atoms with E-state index in [0.29, 0.717) is 43.1 Å². The van der Waals surface area contributed by atoms with Gasteiger partial charge in [0.25, 0.3) is 0 Å². The third kappa shape index (κ3) is 4.82. The summed E-state index contributed by atoms with van der Waals surface area (Å²) in [6, 6.07) is 1.69. The molecule has 1 aromatic rings. The van der Waals surface area contributed by atoms with Crippen molar-refractivity contribution >= 4 is 11.6 Å². The fraction of sp³-hybridized carbons (Fsp3) is 0.733. The summed E-state index contributed by atoms with van der Waals surface area (Å²) in [5.74, 6) is 2.17. The second-order valence-electron chi connectivity index (χ2n) is 6.01. The van der Waals surface area contributed by atoms with Crippen LogP contribution in [-0.2, 0) is 11.3 Å². The molecule has 4 N–H and O–H groups in total. The summed E-state index contributed by atoms with van der Waals surface area (Å²) in [5.41, 5.74) is 5.13. The van der Waals surface area contributed by atoms with E-state index >= 15 is 0 Å². The van der Waals surface area contributed by atoms with Gasteiger partial charge < -0.3 is 20.9 Å². The molecule has 118 valence electrons. The van der Waals surface area contributed by atoms with Crippen molar-refractivity contribution in [1.29, 1.82) is 0 Å². The van der Waals surface area contributed by atoms with Crippen LogP contribution in [0.3, 0.4) is 0 Å². The Bertz CT molecular complexity index is 469. The number of hydrogen-bond donors (Lipinski definition) is 3. The quantitative estimate of drug-likeness (QED) is 0.742. The molecule has 6 heteroatoms. The van der Waals surface area contributed by atoms with Gasteiger partial charge >= 0.3 is 0 Å². The normalized spacial score (nSPS) is 25.8. The number of aromatic nitrogens is 2. The Morgan fingerprint density at radius 1 is 1.52 bits per heavy atom. The summed E-state index contributed by atoms with van der Waals surface area (Å²) in [6.45, 7) is 5.55. The molecule has 0 radical (unpaired) electrons. The highest BCUT2D eigenvalue weighted by Crippen LogP contribution is 2.32. The van der Waals surface area contributed by atoms with Crippen molar-refractivity contribution in [3.8, 4) is 0 Å². The summed E-state index contributed by atoms with van der Waals surface area (Å²) in [6.07, 6.45) is 3.92. The molecule has 0 bridgehead atoms. The molecule has 1 aliphatic rings. The zero-order chi connectivity index (χ0) is 15.3. The van der Waals surface area contributed by atoms with Crippen LogP contribution in [0.2, 0.25) is 0 Å². The molecular formula is C15H26N4O2. The first kappa shape index (κ1) is 16.0. The van der Waals surface area contributed by atoms with Crippen molar-refractivity contribution in [1.82, 2.24) is 9.97 Å². The zero-order valence-corrected chi connectivity index (χ0v) is 12.9. The van der Waals surface area contributed by atoms with Crippen molar-refractivity contribution in [3.63, 3.8) is 0 Å². The lowest BCUT2D eigenvalue weighted by atomic mass is 9.79. The van der Waals surface area contributed by atoms with Gasteiger partial charge in [0.05, 0.1) is 5.60 Å². The van der Waals surface area contributed by atoms with E-state index in [1.54, 1.807) is 6.07 Å². The third-order valence-electron chi connectivity index (χ3n) is 3.89. The second-order valence-corrected chi connectivity index (χ2v) is 6.01. The van der Waals surface area contributed by atoms with E-state index in [-0.39, 0.29) is 0 Å². The van der Waals surface area contributed by atoms with Crippen LogP contribution in [0.25, 0.3) is 0 Å². The molecule has 0 amide bonds. The number of nitrogen functional groups attached to an aromatic ring is 1. The second kappa shape index (κ2) is 7.04. The Labute approximate surface area is 126 Å². The topological polar surface area (TPSA) is 93.3 Å². The lowest BCUT2D eigenvalue weighted by Crippen LogP contribution is -2.41. The van der Waals surface area contributed by atoms with Gasteiger partial charge in [0.15, 0.2) is 5.82 Å². The van der Waals surface area contributed by atoms with Gasteiger partial charge in [0.1, 0.15) is 18.2 Å². The van der Waals surface area contributed by atoms with Crippen molar-refractivity contribution in [2.75, 3.05) is 24.2 Å². The van der Waals surface area contributed by atoms with Crippen molar-refractivity contribution in [2.45, 2.75) is 51.7 Å². The first-order valence-electron chi connectivity index (χ1n) is 7.68. The maximum Gasteiger partial charge on any atom is 0.158 e. The number of hydrogen-bond acceptors (Lipinski definition) is 6. The lowest BCUT2D eigenvalue weighted by molar-refractivity contribution is -0.000836. The first-order valence-corrected chi connectivity index (χ1v) is 7.68. The molecule has 0 aromatic carbocycles. The van der Waals surface area contributed by atoms with E-state index in [9.17, 15) is 5.11 Å². The molecule has 21 heavy (non-hydrogen) atoms. The Morgan fingerprint density at radius 3 is 3.05 bits per heavy atom. The van der Waals surface area contributed by atoms with Gasteiger partial charge in [-0.25, -0.2) is 9.97 Å². The van der Waals surface area contributed by atoms with Crippen LogP contribution in [0, 0.1) is 5.92 Å². The fourth-order valence-corrected chi connectivity index (χ4v) is 2.91. The summed E-state index contributed by atoms with van der Waals surface area (Å²) in [7, 11) is 0. The maximum atomic E-state index is 10.6. The highest BCUT2D eigenvalue weighted by molar-refractivity contribution is 5.44. The van der Waals surface area contributed by atoms with Gasteiger partial charge in [0.2, 0.25) is 0 Å². The Hall–Kier alpha value is -1.40. The molecule has 0 aliphatic heterocycles. The van der Waals surface area contributed by atoms with Crippen molar-refractivity contribution in [2.24, 2.45) is 5.92 Å². The average molecular weight is 294 g/mol. The molecule has 0 spiro atoms. The largest absolute Gasteiger partial charge is 0.388 e. The van der Waals surface area contributed by atoms with E-state index < -0.39 is 5.60 Å². The number of anilines is 2. The minimum absolute atomic E-state index is 0.345. The van der Waals surface area contributed by atoms with Crippen LogP contribution in [0.15, 0.2) is 6.07 Å². The Balaban J connectivity index is 1.97. The van der Waals surface area contributed by atoms with Crippen molar-refractivity contribution < 1.29 is 9.84 Å². The summed E-state index contributed by atoms with van der Waals surface area (Å²) in [5, 5.41) is 13.8. The van der Waals surface area contributed by atoms with Gasteiger partial charge in [-0.15, -0.1) is 0 Å². The minimum atomic E-state index is -0.655. The minimum Gasteiger partial charge on any atom is -0.388 e. The molecule has 2 rings (SSSR count). The summed E-state index contributed by atoms with van der Waals surface area (Å²) in [4.78, 5) is 8.50. The van der Waals surface area contributed by atoms with E-state index in [4.69, 9.17) is 10.5 Å². The molecule has 6 nitrogen and oxygen atoms in total. The summed E-state index contributed by atoms with van der Waals surface area (Å²) < 4.78 is 5.30. The average Bonchev–Trinajstić information content (AvgIpc) is 2.42. The van der Waals surface area contributed by atoms with E-state index in [1.165, 1.54) is 6.42 Å². The molecule has 1 aromatic heterocycles. The highest BCUT2D eigenvalue weighted by Gasteiger charge is 2.32. The molecule has 1 aliphatic carbocycles. The van der Waals surface area contributed by atoms with Crippen LogP contribution in [0.5, 0.6) is 0 Å².